The number of hydrogen-bond acceptors (Lipinski definition) is 2. The Morgan fingerprint density at radius 3 is 2.50 bits per heavy atom. The highest BCUT2D eigenvalue weighted by Gasteiger charge is 2.36. The number of alkyl halides is 3. The zero-order valence-corrected chi connectivity index (χ0v) is 15.5. The summed E-state index contributed by atoms with van der Waals surface area (Å²) in [4.78, 5) is 15.3. The van der Waals surface area contributed by atoms with Gasteiger partial charge in [-0.05, 0) is 81.8 Å². The van der Waals surface area contributed by atoms with Crippen LogP contribution in [-0.4, -0.2) is 36.0 Å². The van der Waals surface area contributed by atoms with Gasteiger partial charge in [-0.3, -0.25) is 9.69 Å². The van der Waals surface area contributed by atoms with Gasteiger partial charge in [0.2, 0.25) is 0 Å². The van der Waals surface area contributed by atoms with E-state index in [1.807, 2.05) is 0 Å². The summed E-state index contributed by atoms with van der Waals surface area (Å²) < 4.78 is 39.4. The van der Waals surface area contributed by atoms with E-state index in [0.717, 1.165) is 38.4 Å². The number of carbonyl (C=O) groups excluding carboxylic acids is 1. The van der Waals surface area contributed by atoms with E-state index in [-0.39, 0.29) is 17.5 Å². The van der Waals surface area contributed by atoms with Crippen LogP contribution in [0.25, 0.3) is 0 Å². The molecule has 1 aromatic carbocycles. The molecule has 144 valence electrons. The zero-order valence-electron chi connectivity index (χ0n) is 15.5. The topological polar surface area (TPSA) is 32.3 Å². The minimum Gasteiger partial charge on any atom is -0.348 e. The maximum atomic E-state index is 13.1. The number of amides is 1. The fraction of sp³-hybridized carbons (Fsp3) is 0.650. The third-order valence-electron chi connectivity index (χ3n) is 5.91. The first-order valence-electron chi connectivity index (χ1n) is 9.57. The Morgan fingerprint density at radius 1 is 1.19 bits per heavy atom. The molecular weight excluding hydrogens is 341 g/mol. The Hall–Kier alpha value is -1.56. The van der Waals surface area contributed by atoms with Gasteiger partial charge in [-0.1, -0.05) is 6.92 Å². The van der Waals surface area contributed by atoms with Gasteiger partial charge in [-0.2, -0.15) is 13.2 Å². The molecule has 6 heteroatoms. The van der Waals surface area contributed by atoms with Crippen LogP contribution >= 0.6 is 0 Å². The maximum Gasteiger partial charge on any atom is 0.416 e. The third-order valence-corrected chi connectivity index (χ3v) is 5.91. The molecule has 0 aromatic heterocycles. The Labute approximate surface area is 152 Å². The first-order chi connectivity index (χ1) is 12.3. The number of halogens is 3. The molecule has 0 bridgehead atoms. The first kappa shape index (κ1) is 19.2. The Morgan fingerprint density at radius 2 is 1.88 bits per heavy atom. The number of nitrogens with zero attached hydrogens (tertiary/aromatic N) is 1. The molecule has 1 aliphatic carbocycles. The fourth-order valence-corrected chi connectivity index (χ4v) is 4.60. The van der Waals surface area contributed by atoms with Crippen molar-refractivity contribution in [1.82, 2.24) is 10.2 Å². The molecule has 1 amide bonds. The standard InChI is InChI=1S/C20H27F3N2O/c1-3-14-13(2)16(20(21,22)23)10-9-15(14)19(26)24-17-7-6-8-18(17)25-11-4-5-12-25/h9-10,17-18H,3-8,11-12H2,1-2H3,(H,24,26)/t17-,18+/m1/s1. The summed E-state index contributed by atoms with van der Waals surface area (Å²) in [6.07, 6.45) is 1.52. The van der Waals surface area contributed by atoms with E-state index < -0.39 is 11.7 Å². The number of benzene rings is 1. The summed E-state index contributed by atoms with van der Waals surface area (Å²) in [6, 6.07) is 2.83. The van der Waals surface area contributed by atoms with Gasteiger partial charge in [0.1, 0.15) is 0 Å². The van der Waals surface area contributed by atoms with Crippen molar-refractivity contribution in [2.45, 2.75) is 70.6 Å². The van der Waals surface area contributed by atoms with Crippen molar-refractivity contribution in [1.29, 1.82) is 0 Å². The van der Waals surface area contributed by atoms with Crippen molar-refractivity contribution in [3.05, 3.63) is 34.4 Å². The van der Waals surface area contributed by atoms with E-state index in [1.165, 1.54) is 25.8 Å². The van der Waals surface area contributed by atoms with Crippen molar-refractivity contribution >= 4 is 5.91 Å². The Kier molecular flexibility index (Phi) is 5.61. The molecule has 1 heterocycles. The minimum absolute atomic E-state index is 0.0907. The van der Waals surface area contributed by atoms with Gasteiger partial charge in [-0.25, -0.2) is 0 Å². The first-order valence-corrected chi connectivity index (χ1v) is 9.57. The monoisotopic (exact) mass is 368 g/mol. The highest BCUT2D eigenvalue weighted by Crippen LogP contribution is 2.34. The molecule has 1 aliphatic heterocycles. The fourth-order valence-electron chi connectivity index (χ4n) is 4.60. The largest absolute Gasteiger partial charge is 0.416 e. The van der Waals surface area contributed by atoms with E-state index >= 15 is 0 Å². The van der Waals surface area contributed by atoms with Crippen LogP contribution in [0.2, 0.25) is 0 Å². The molecule has 1 saturated heterocycles. The lowest BCUT2D eigenvalue weighted by Crippen LogP contribution is -2.48. The van der Waals surface area contributed by atoms with Crippen molar-refractivity contribution in [2.24, 2.45) is 0 Å². The van der Waals surface area contributed by atoms with Gasteiger partial charge in [0, 0.05) is 17.6 Å². The molecular formula is C20H27F3N2O. The maximum absolute atomic E-state index is 13.1. The molecule has 26 heavy (non-hydrogen) atoms. The molecule has 0 unspecified atom stereocenters. The zero-order chi connectivity index (χ0) is 18.9. The number of likely N-dealkylation sites (tertiary alicyclic amines) is 1. The van der Waals surface area contributed by atoms with E-state index in [0.29, 0.717) is 23.6 Å². The molecule has 2 atom stereocenters. The summed E-state index contributed by atoms with van der Waals surface area (Å²) in [5, 5.41) is 3.12. The number of rotatable bonds is 4. The summed E-state index contributed by atoms with van der Waals surface area (Å²) >= 11 is 0. The molecule has 3 rings (SSSR count). The second-order valence-corrected chi connectivity index (χ2v) is 7.44. The summed E-state index contributed by atoms with van der Waals surface area (Å²) in [7, 11) is 0. The third kappa shape index (κ3) is 3.75. The quantitative estimate of drug-likeness (QED) is 0.858. The Balaban J connectivity index is 1.80. The van der Waals surface area contributed by atoms with Crippen LogP contribution in [0.15, 0.2) is 12.1 Å². The molecule has 0 spiro atoms. The normalized spacial score (nSPS) is 24.2. The van der Waals surface area contributed by atoms with Crippen LogP contribution < -0.4 is 5.32 Å². The average molecular weight is 368 g/mol. The average Bonchev–Trinajstić information content (AvgIpc) is 3.24. The molecule has 1 saturated carbocycles. The van der Waals surface area contributed by atoms with Crippen molar-refractivity contribution < 1.29 is 18.0 Å². The van der Waals surface area contributed by atoms with E-state index in [4.69, 9.17) is 0 Å². The van der Waals surface area contributed by atoms with Gasteiger partial charge in [0.05, 0.1) is 5.56 Å². The van der Waals surface area contributed by atoms with Gasteiger partial charge in [0.25, 0.3) is 5.91 Å². The molecule has 2 fully saturated rings. The molecule has 0 radical (unpaired) electrons. The lowest BCUT2D eigenvalue weighted by atomic mass is 9.94. The van der Waals surface area contributed by atoms with Gasteiger partial charge < -0.3 is 5.32 Å². The SMILES string of the molecule is CCc1c(C(=O)N[C@@H]2CCC[C@@H]2N2CCCC2)ccc(C(F)(F)F)c1C. The Bertz CT molecular complexity index is 666. The van der Waals surface area contributed by atoms with Crippen LogP contribution in [0.1, 0.15) is 66.1 Å². The summed E-state index contributed by atoms with van der Waals surface area (Å²) in [6.45, 7) is 5.41. The van der Waals surface area contributed by atoms with Crippen LogP contribution in [0.4, 0.5) is 13.2 Å². The van der Waals surface area contributed by atoms with E-state index in [1.54, 1.807) is 6.92 Å². The second kappa shape index (κ2) is 7.59. The van der Waals surface area contributed by atoms with Crippen LogP contribution in [0.5, 0.6) is 0 Å². The molecule has 2 aliphatic rings. The van der Waals surface area contributed by atoms with Crippen molar-refractivity contribution in [3.63, 3.8) is 0 Å². The van der Waals surface area contributed by atoms with Gasteiger partial charge >= 0.3 is 6.18 Å². The lowest BCUT2D eigenvalue weighted by molar-refractivity contribution is -0.138. The van der Waals surface area contributed by atoms with E-state index in [2.05, 4.69) is 10.2 Å². The predicted octanol–water partition coefficient (Wildman–Crippen LogP) is 4.32. The van der Waals surface area contributed by atoms with Gasteiger partial charge in [-0.15, -0.1) is 0 Å². The molecule has 3 nitrogen and oxygen atoms in total. The number of hydrogen-bond donors (Lipinski definition) is 1. The van der Waals surface area contributed by atoms with Crippen LogP contribution in [0, 0.1) is 6.92 Å². The van der Waals surface area contributed by atoms with Crippen molar-refractivity contribution in [3.8, 4) is 0 Å². The lowest BCUT2D eigenvalue weighted by Gasteiger charge is -2.30. The highest BCUT2D eigenvalue weighted by molar-refractivity contribution is 5.96. The number of carbonyl (C=O) groups is 1. The highest BCUT2D eigenvalue weighted by atomic mass is 19.4. The minimum atomic E-state index is -4.39. The van der Waals surface area contributed by atoms with Crippen molar-refractivity contribution in [2.75, 3.05) is 13.1 Å². The summed E-state index contributed by atoms with van der Waals surface area (Å²) in [5.74, 6) is -0.241. The van der Waals surface area contributed by atoms with Crippen LogP contribution in [0.3, 0.4) is 0 Å². The number of nitrogens with one attached hydrogen (secondary N) is 1. The molecule has 1 N–H and O–H groups in total. The van der Waals surface area contributed by atoms with E-state index in [9.17, 15) is 18.0 Å². The molecule has 1 aromatic rings. The summed E-state index contributed by atoms with van der Waals surface area (Å²) in [5.41, 5.74) is 0.384. The van der Waals surface area contributed by atoms with Gasteiger partial charge in [0.15, 0.2) is 0 Å². The predicted molar refractivity (Wildman–Crippen MR) is 95.3 cm³/mol. The smallest absolute Gasteiger partial charge is 0.348 e. The second-order valence-electron chi connectivity index (χ2n) is 7.44. The van der Waals surface area contributed by atoms with Crippen LogP contribution in [-0.2, 0) is 12.6 Å².